The molecule has 0 radical (unpaired) electrons. The van der Waals surface area contributed by atoms with Crippen molar-refractivity contribution in [1.29, 1.82) is 0 Å². The summed E-state index contributed by atoms with van der Waals surface area (Å²) in [6.07, 6.45) is 3.01. The molecule has 19 heavy (non-hydrogen) atoms. The number of nitrogens with zero attached hydrogens (tertiary/aromatic N) is 2. The van der Waals surface area contributed by atoms with Crippen LogP contribution in [0.25, 0.3) is 0 Å². The third-order valence-corrected chi connectivity index (χ3v) is 3.04. The fraction of sp³-hybridized carbons (Fsp3) is 0.538. The van der Waals surface area contributed by atoms with Gasteiger partial charge in [-0.2, -0.15) is 0 Å². The number of pyridine rings is 1. The van der Waals surface area contributed by atoms with Crippen molar-refractivity contribution in [3.63, 3.8) is 0 Å². The first-order chi connectivity index (χ1) is 9.11. The van der Waals surface area contributed by atoms with Crippen LogP contribution in [0.2, 0.25) is 5.02 Å². The van der Waals surface area contributed by atoms with Crippen molar-refractivity contribution >= 4 is 17.5 Å². The quantitative estimate of drug-likeness (QED) is 0.768. The van der Waals surface area contributed by atoms with Crippen molar-refractivity contribution in [2.75, 3.05) is 34.0 Å². The molecule has 0 aliphatic rings. The Hall–Kier alpha value is -1.17. The van der Waals surface area contributed by atoms with Crippen LogP contribution >= 0.6 is 11.6 Å². The molecule has 5 nitrogen and oxygen atoms in total. The molecular formula is C13H19ClN2O3. The largest absolute Gasteiger partial charge is 0.383 e. The number of carbonyl (C=O) groups is 1. The number of carbonyl (C=O) groups excluding carboxylic acids is 1. The van der Waals surface area contributed by atoms with Gasteiger partial charge in [-0.05, 0) is 13.0 Å². The number of rotatable bonds is 7. The molecule has 0 saturated heterocycles. The minimum absolute atomic E-state index is 0.0584. The summed E-state index contributed by atoms with van der Waals surface area (Å²) in [5.74, 6) is -0.144. The number of amides is 1. The van der Waals surface area contributed by atoms with E-state index in [2.05, 4.69) is 4.98 Å². The lowest BCUT2D eigenvalue weighted by Crippen LogP contribution is -2.43. The van der Waals surface area contributed by atoms with E-state index in [9.17, 15) is 4.79 Å². The van der Waals surface area contributed by atoms with Crippen molar-refractivity contribution in [3.05, 3.63) is 29.0 Å². The fourth-order valence-electron chi connectivity index (χ4n) is 1.75. The van der Waals surface area contributed by atoms with Crippen molar-refractivity contribution in [2.24, 2.45) is 0 Å². The van der Waals surface area contributed by atoms with Crippen molar-refractivity contribution in [3.8, 4) is 0 Å². The number of halogens is 1. The average molecular weight is 287 g/mol. The molecule has 1 amide bonds. The second-order valence-corrected chi connectivity index (χ2v) is 4.56. The zero-order valence-corrected chi connectivity index (χ0v) is 12.2. The van der Waals surface area contributed by atoms with E-state index in [1.807, 2.05) is 6.92 Å². The van der Waals surface area contributed by atoms with Gasteiger partial charge in [0.25, 0.3) is 5.91 Å². The van der Waals surface area contributed by atoms with Gasteiger partial charge in [0.05, 0.1) is 29.8 Å². The second-order valence-electron chi connectivity index (χ2n) is 4.15. The Morgan fingerprint density at radius 1 is 1.47 bits per heavy atom. The van der Waals surface area contributed by atoms with Crippen molar-refractivity contribution in [1.82, 2.24) is 9.88 Å². The van der Waals surface area contributed by atoms with Crippen LogP contribution in [0, 0.1) is 0 Å². The highest BCUT2D eigenvalue weighted by Gasteiger charge is 2.22. The highest BCUT2D eigenvalue weighted by molar-refractivity contribution is 6.33. The lowest BCUT2D eigenvalue weighted by molar-refractivity contribution is 0.0479. The van der Waals surface area contributed by atoms with Crippen molar-refractivity contribution < 1.29 is 14.3 Å². The van der Waals surface area contributed by atoms with Crippen LogP contribution < -0.4 is 0 Å². The normalized spacial score (nSPS) is 12.2. The van der Waals surface area contributed by atoms with Gasteiger partial charge in [-0.1, -0.05) is 11.6 Å². The zero-order valence-electron chi connectivity index (χ0n) is 11.4. The summed E-state index contributed by atoms with van der Waals surface area (Å²) in [5.41, 5.74) is 0.440. The number of hydrogen-bond acceptors (Lipinski definition) is 4. The molecule has 106 valence electrons. The highest BCUT2D eigenvalue weighted by atomic mass is 35.5. The fourth-order valence-corrected chi connectivity index (χ4v) is 1.95. The summed E-state index contributed by atoms with van der Waals surface area (Å²) in [6.45, 7) is 3.32. The van der Waals surface area contributed by atoms with Crippen LogP contribution in [-0.4, -0.2) is 55.8 Å². The molecule has 0 spiro atoms. The highest BCUT2D eigenvalue weighted by Crippen LogP contribution is 2.17. The molecule has 0 saturated carbocycles. The van der Waals surface area contributed by atoms with Gasteiger partial charge in [0, 0.05) is 33.2 Å². The van der Waals surface area contributed by atoms with E-state index < -0.39 is 0 Å². The molecule has 6 heteroatoms. The Balaban J connectivity index is 2.90. The number of methoxy groups -OCH3 is 2. The summed E-state index contributed by atoms with van der Waals surface area (Å²) in [6, 6.07) is 1.56. The number of ether oxygens (including phenoxy) is 2. The maximum Gasteiger partial charge on any atom is 0.255 e. The summed E-state index contributed by atoms with van der Waals surface area (Å²) < 4.78 is 10.1. The Morgan fingerprint density at radius 2 is 2.21 bits per heavy atom. The van der Waals surface area contributed by atoms with Gasteiger partial charge >= 0.3 is 0 Å². The summed E-state index contributed by atoms with van der Waals surface area (Å²) in [5, 5.41) is 0.347. The predicted molar refractivity (Wildman–Crippen MR) is 73.5 cm³/mol. The summed E-state index contributed by atoms with van der Waals surface area (Å²) in [7, 11) is 3.21. The third kappa shape index (κ3) is 4.45. The van der Waals surface area contributed by atoms with Crippen LogP contribution in [0.5, 0.6) is 0 Å². The van der Waals surface area contributed by atoms with Gasteiger partial charge in [0.1, 0.15) is 0 Å². The Morgan fingerprint density at radius 3 is 2.79 bits per heavy atom. The smallest absolute Gasteiger partial charge is 0.255 e. The topological polar surface area (TPSA) is 51.7 Å². The maximum absolute atomic E-state index is 12.5. The molecule has 1 heterocycles. The molecule has 0 aliphatic heterocycles. The molecule has 0 aromatic carbocycles. The molecule has 0 aliphatic carbocycles. The van der Waals surface area contributed by atoms with Crippen LogP contribution in [0.15, 0.2) is 18.5 Å². The molecule has 1 aromatic rings. The van der Waals surface area contributed by atoms with E-state index in [1.54, 1.807) is 31.4 Å². The van der Waals surface area contributed by atoms with E-state index in [1.165, 1.54) is 6.20 Å². The first-order valence-electron chi connectivity index (χ1n) is 6.00. The second kappa shape index (κ2) is 8.09. The molecule has 0 fully saturated rings. The first kappa shape index (κ1) is 15.9. The zero-order chi connectivity index (χ0) is 14.3. The van der Waals surface area contributed by atoms with E-state index in [0.717, 1.165) is 0 Å². The predicted octanol–water partition coefficient (Wildman–Crippen LogP) is 1.86. The first-order valence-corrected chi connectivity index (χ1v) is 6.38. The Bertz CT molecular complexity index is 415. The molecular weight excluding hydrogens is 268 g/mol. The Labute approximate surface area is 118 Å². The molecule has 1 rings (SSSR count). The number of aromatic nitrogens is 1. The van der Waals surface area contributed by atoms with Crippen molar-refractivity contribution in [2.45, 2.75) is 13.0 Å². The van der Waals surface area contributed by atoms with Crippen LogP contribution in [0.3, 0.4) is 0 Å². The molecule has 1 unspecified atom stereocenters. The minimum Gasteiger partial charge on any atom is -0.383 e. The summed E-state index contributed by atoms with van der Waals surface area (Å²) in [4.78, 5) is 18.1. The third-order valence-electron chi connectivity index (χ3n) is 2.74. The average Bonchev–Trinajstić information content (AvgIpc) is 2.39. The molecule has 1 atom stereocenters. The van der Waals surface area contributed by atoms with Crippen LogP contribution in [-0.2, 0) is 9.47 Å². The number of hydrogen-bond donors (Lipinski definition) is 0. The lowest BCUT2D eigenvalue weighted by atomic mass is 10.2. The van der Waals surface area contributed by atoms with Gasteiger partial charge in [-0.25, -0.2) is 0 Å². The van der Waals surface area contributed by atoms with Gasteiger partial charge in [-0.3, -0.25) is 9.78 Å². The van der Waals surface area contributed by atoms with E-state index in [0.29, 0.717) is 30.3 Å². The van der Waals surface area contributed by atoms with Gasteiger partial charge in [0.15, 0.2) is 0 Å². The minimum atomic E-state index is -0.144. The van der Waals surface area contributed by atoms with E-state index in [4.69, 9.17) is 21.1 Å². The van der Waals surface area contributed by atoms with Gasteiger partial charge in [0.2, 0.25) is 0 Å². The van der Waals surface area contributed by atoms with E-state index >= 15 is 0 Å². The van der Waals surface area contributed by atoms with Crippen LogP contribution in [0.1, 0.15) is 17.3 Å². The molecule has 0 bridgehead atoms. The van der Waals surface area contributed by atoms with E-state index in [-0.39, 0.29) is 11.9 Å². The maximum atomic E-state index is 12.5. The Kier molecular flexibility index (Phi) is 6.77. The monoisotopic (exact) mass is 286 g/mol. The lowest BCUT2D eigenvalue weighted by Gasteiger charge is -2.29. The van der Waals surface area contributed by atoms with Crippen LogP contribution in [0.4, 0.5) is 0 Å². The molecule has 0 N–H and O–H groups in total. The van der Waals surface area contributed by atoms with Gasteiger partial charge in [-0.15, -0.1) is 0 Å². The standard InChI is InChI=1S/C13H19ClN2O3/c1-10(9-19-3)16(6-7-18-2)13(17)11-4-5-15-8-12(11)14/h4-5,8,10H,6-7,9H2,1-3H3. The SMILES string of the molecule is COCCN(C(=O)c1ccncc1Cl)C(C)COC. The molecule has 1 aromatic heterocycles. The summed E-state index contributed by atoms with van der Waals surface area (Å²) >= 11 is 6.01. The van der Waals surface area contributed by atoms with Gasteiger partial charge < -0.3 is 14.4 Å².